The first-order valence-electron chi connectivity index (χ1n) is 7.52. The van der Waals surface area contributed by atoms with E-state index in [0.29, 0.717) is 10.4 Å². The van der Waals surface area contributed by atoms with Crippen molar-refractivity contribution in [2.45, 2.75) is 12.6 Å². The predicted octanol–water partition coefficient (Wildman–Crippen LogP) is 1.51. The van der Waals surface area contributed by atoms with Gasteiger partial charge in [0.2, 0.25) is 0 Å². The molecule has 1 aromatic carbocycles. The van der Waals surface area contributed by atoms with Crippen molar-refractivity contribution in [1.29, 1.82) is 0 Å². The van der Waals surface area contributed by atoms with E-state index < -0.39 is 25.2 Å². The highest BCUT2D eigenvalue weighted by Crippen LogP contribution is 2.33. The van der Waals surface area contributed by atoms with Crippen LogP contribution in [0, 0.1) is 0 Å². The quantitative estimate of drug-likeness (QED) is 0.570. The molecule has 3 N–H and O–H groups in total. The van der Waals surface area contributed by atoms with Crippen molar-refractivity contribution in [3.05, 3.63) is 52.3 Å². The van der Waals surface area contributed by atoms with Gasteiger partial charge in [0, 0.05) is 6.07 Å². The van der Waals surface area contributed by atoms with Crippen LogP contribution in [0.4, 0.5) is 0 Å². The highest BCUT2D eigenvalue weighted by atomic mass is 79.9. The summed E-state index contributed by atoms with van der Waals surface area (Å²) in [7, 11) is 1.46. The Labute approximate surface area is 153 Å². The lowest BCUT2D eigenvalue weighted by Gasteiger charge is -2.17. The van der Waals surface area contributed by atoms with Crippen molar-refractivity contribution in [1.82, 2.24) is 10.3 Å². The molecule has 2 aromatic rings. The lowest BCUT2D eigenvalue weighted by atomic mass is 10.2. The van der Waals surface area contributed by atoms with Crippen molar-refractivity contribution in [3.8, 4) is 11.5 Å². The highest BCUT2D eigenvalue weighted by molar-refractivity contribution is 9.10. The second kappa shape index (κ2) is 9.36. The van der Waals surface area contributed by atoms with Gasteiger partial charge in [0.25, 0.3) is 5.91 Å². The molecule has 25 heavy (non-hydrogen) atoms. The van der Waals surface area contributed by atoms with Crippen molar-refractivity contribution >= 4 is 21.8 Å². The molecule has 1 heterocycles. The third kappa shape index (κ3) is 5.15. The van der Waals surface area contributed by atoms with Gasteiger partial charge in [-0.2, -0.15) is 0 Å². The molecule has 0 saturated carbocycles. The number of aliphatic hydroxyl groups excluding tert-OH is 2. The third-order valence-corrected chi connectivity index (χ3v) is 3.75. The molecule has 0 spiro atoms. The summed E-state index contributed by atoms with van der Waals surface area (Å²) in [6, 6.07) is 10.3. The minimum absolute atomic E-state index is 0.00550. The number of ether oxygens (including phenoxy) is 2. The van der Waals surface area contributed by atoms with Gasteiger partial charge >= 0.3 is 0 Å². The number of pyridine rings is 1. The van der Waals surface area contributed by atoms with Crippen molar-refractivity contribution in [2.75, 3.05) is 20.3 Å². The van der Waals surface area contributed by atoms with Crippen molar-refractivity contribution in [2.24, 2.45) is 0 Å². The molecule has 134 valence electrons. The van der Waals surface area contributed by atoms with Crippen LogP contribution in [0.5, 0.6) is 11.5 Å². The second-order valence-corrected chi connectivity index (χ2v) is 5.95. The Hall–Kier alpha value is -2.16. The van der Waals surface area contributed by atoms with E-state index >= 15 is 0 Å². The first-order valence-corrected chi connectivity index (χ1v) is 8.32. The molecule has 0 aliphatic rings. The highest BCUT2D eigenvalue weighted by Gasteiger charge is 2.23. The lowest BCUT2D eigenvalue weighted by Crippen LogP contribution is -2.40. The molecule has 0 atom stereocenters. The molecule has 0 bridgehead atoms. The zero-order chi connectivity index (χ0) is 18.2. The Morgan fingerprint density at radius 3 is 2.56 bits per heavy atom. The van der Waals surface area contributed by atoms with Crippen molar-refractivity contribution < 1.29 is 24.5 Å². The van der Waals surface area contributed by atoms with E-state index in [1.807, 2.05) is 30.3 Å². The van der Waals surface area contributed by atoms with Gasteiger partial charge < -0.3 is 25.0 Å². The van der Waals surface area contributed by atoms with E-state index in [9.17, 15) is 4.79 Å². The second-order valence-electron chi connectivity index (χ2n) is 5.13. The van der Waals surface area contributed by atoms with Crippen molar-refractivity contribution in [3.63, 3.8) is 0 Å². The number of amides is 1. The summed E-state index contributed by atoms with van der Waals surface area (Å²) >= 11 is 3.23. The average molecular weight is 411 g/mol. The summed E-state index contributed by atoms with van der Waals surface area (Å²) in [5.74, 6) is -0.0649. The topological polar surface area (TPSA) is 101 Å². The molecular weight excluding hydrogens is 392 g/mol. The van der Waals surface area contributed by atoms with Crippen LogP contribution < -0.4 is 14.8 Å². The Morgan fingerprint density at radius 1 is 1.28 bits per heavy atom. The number of aliphatic hydroxyl groups is 2. The Balaban J connectivity index is 2.30. The number of hydrogen-bond donors (Lipinski definition) is 3. The molecule has 2 rings (SSSR count). The fraction of sp³-hybridized carbons (Fsp3) is 0.294. The van der Waals surface area contributed by atoms with E-state index in [4.69, 9.17) is 19.7 Å². The molecule has 0 aliphatic heterocycles. The molecule has 0 radical (unpaired) electrons. The summed E-state index contributed by atoms with van der Waals surface area (Å²) in [4.78, 5) is 16.6. The van der Waals surface area contributed by atoms with Gasteiger partial charge in [-0.15, -0.1) is 0 Å². The van der Waals surface area contributed by atoms with Crippen LogP contribution in [-0.2, 0) is 6.61 Å². The number of halogens is 1. The zero-order valence-electron chi connectivity index (χ0n) is 13.6. The maximum atomic E-state index is 12.5. The number of nitrogens with one attached hydrogen (secondary N) is 1. The maximum absolute atomic E-state index is 12.5. The fourth-order valence-corrected chi connectivity index (χ4v) is 2.44. The maximum Gasteiger partial charge on any atom is 0.274 e. The number of benzene rings is 1. The summed E-state index contributed by atoms with van der Waals surface area (Å²) in [5.41, 5.74) is 0.913. The SMILES string of the molecule is COc1cc(Br)nc(C(=O)NC(CO)CO)c1OCc1ccccc1. The largest absolute Gasteiger partial charge is 0.493 e. The number of aromatic nitrogens is 1. The van der Waals surface area contributed by atoms with Crippen LogP contribution in [0.3, 0.4) is 0 Å². The van der Waals surface area contributed by atoms with Crippen LogP contribution in [0.1, 0.15) is 16.1 Å². The van der Waals surface area contributed by atoms with Gasteiger partial charge in [0.05, 0.1) is 26.4 Å². The summed E-state index contributed by atoms with van der Waals surface area (Å²) in [6.45, 7) is -0.564. The van der Waals surface area contributed by atoms with Gasteiger partial charge in [0.15, 0.2) is 17.2 Å². The van der Waals surface area contributed by atoms with E-state index in [1.54, 1.807) is 6.07 Å². The van der Waals surface area contributed by atoms with Crippen LogP contribution >= 0.6 is 15.9 Å². The van der Waals surface area contributed by atoms with Gasteiger partial charge in [-0.25, -0.2) is 4.98 Å². The van der Waals surface area contributed by atoms with Crippen LogP contribution in [-0.4, -0.2) is 47.5 Å². The van der Waals surface area contributed by atoms with Gasteiger partial charge in [0.1, 0.15) is 11.2 Å². The normalized spacial score (nSPS) is 10.6. The summed E-state index contributed by atoms with van der Waals surface area (Å²) in [5, 5.41) is 20.8. The van der Waals surface area contributed by atoms with Gasteiger partial charge in [-0.3, -0.25) is 4.79 Å². The molecule has 1 amide bonds. The molecular formula is C17H19BrN2O5. The Kier molecular flexibility index (Phi) is 7.17. The third-order valence-electron chi connectivity index (χ3n) is 3.34. The van der Waals surface area contributed by atoms with E-state index in [1.165, 1.54) is 7.11 Å². The van der Waals surface area contributed by atoms with Gasteiger partial charge in [-0.1, -0.05) is 30.3 Å². The molecule has 0 saturated heterocycles. The number of hydrogen-bond acceptors (Lipinski definition) is 6. The van der Waals surface area contributed by atoms with Crippen LogP contribution in [0.25, 0.3) is 0 Å². The van der Waals surface area contributed by atoms with E-state index in [2.05, 4.69) is 26.2 Å². The lowest BCUT2D eigenvalue weighted by molar-refractivity contribution is 0.0868. The first-order chi connectivity index (χ1) is 12.1. The Morgan fingerprint density at radius 2 is 1.96 bits per heavy atom. The number of methoxy groups -OCH3 is 1. The van der Waals surface area contributed by atoms with E-state index in [0.717, 1.165) is 5.56 Å². The fourth-order valence-electron chi connectivity index (χ4n) is 2.06. The predicted molar refractivity (Wildman–Crippen MR) is 94.7 cm³/mol. The number of carbonyl (C=O) groups is 1. The zero-order valence-corrected chi connectivity index (χ0v) is 15.2. The number of rotatable bonds is 8. The number of carbonyl (C=O) groups excluding carboxylic acids is 1. The average Bonchev–Trinajstić information content (AvgIpc) is 2.64. The van der Waals surface area contributed by atoms with Crippen LogP contribution in [0.2, 0.25) is 0 Å². The minimum Gasteiger partial charge on any atom is -0.493 e. The first kappa shape index (κ1) is 19.2. The van der Waals surface area contributed by atoms with E-state index in [-0.39, 0.29) is 18.1 Å². The molecule has 0 unspecified atom stereocenters. The Bertz CT molecular complexity index is 708. The molecule has 7 nitrogen and oxygen atoms in total. The molecule has 8 heteroatoms. The molecule has 0 aliphatic carbocycles. The van der Waals surface area contributed by atoms with Crippen LogP contribution in [0.15, 0.2) is 41.0 Å². The monoisotopic (exact) mass is 410 g/mol. The minimum atomic E-state index is -0.791. The van der Waals surface area contributed by atoms with Gasteiger partial charge in [-0.05, 0) is 21.5 Å². The molecule has 1 aromatic heterocycles. The molecule has 0 fully saturated rings. The summed E-state index contributed by atoms with van der Waals surface area (Å²) in [6.07, 6.45) is 0. The number of nitrogens with zero attached hydrogens (tertiary/aromatic N) is 1. The smallest absolute Gasteiger partial charge is 0.274 e. The standard InChI is InChI=1S/C17H19BrN2O5/c1-24-13-7-14(18)20-15(17(23)19-12(8-21)9-22)16(13)25-10-11-5-3-2-4-6-11/h2-7,12,21-22H,8-10H2,1H3,(H,19,23). The summed E-state index contributed by atoms with van der Waals surface area (Å²) < 4.78 is 11.5.